The number of carbonyl (C=O) groups excluding carboxylic acids is 2. The van der Waals surface area contributed by atoms with Crippen LogP contribution in [0.25, 0.3) is 11.0 Å². The molecule has 0 saturated carbocycles. The van der Waals surface area contributed by atoms with E-state index in [1.54, 1.807) is 13.8 Å². The van der Waals surface area contributed by atoms with E-state index in [2.05, 4.69) is 16.3 Å². The highest BCUT2D eigenvalue weighted by Gasteiger charge is 2.32. The minimum atomic E-state index is -0.703. The number of nitrogens with zero attached hydrogens (tertiary/aromatic N) is 3. The number of amides is 2. The molecule has 2 aliphatic rings. The minimum absolute atomic E-state index is 0.0448. The van der Waals surface area contributed by atoms with E-state index in [1.807, 2.05) is 41.0 Å². The fourth-order valence-electron chi connectivity index (χ4n) is 6.01. The number of carbonyl (C=O) groups is 2. The van der Waals surface area contributed by atoms with E-state index < -0.39 is 11.9 Å². The van der Waals surface area contributed by atoms with E-state index in [0.717, 1.165) is 61.9 Å². The number of para-hydroxylation sites is 2. The molecular formula is C27H33N5O3. The van der Waals surface area contributed by atoms with Gasteiger partial charge in [0.05, 0.1) is 11.0 Å². The molecule has 3 aromatic rings. The second kappa shape index (κ2) is 9.34. The highest BCUT2D eigenvalue weighted by Crippen LogP contribution is 2.40. The van der Waals surface area contributed by atoms with Gasteiger partial charge in [-0.25, -0.2) is 4.79 Å². The van der Waals surface area contributed by atoms with Gasteiger partial charge < -0.3 is 11.1 Å². The second-order valence-corrected chi connectivity index (χ2v) is 9.82. The predicted octanol–water partition coefficient (Wildman–Crippen LogP) is 3.52. The quantitative estimate of drug-likeness (QED) is 0.589. The fraction of sp³-hybridized carbons (Fsp3) is 0.444. The zero-order valence-corrected chi connectivity index (χ0v) is 20.4. The molecule has 1 saturated heterocycles. The van der Waals surface area contributed by atoms with Gasteiger partial charge in [-0.15, -0.1) is 0 Å². The van der Waals surface area contributed by atoms with E-state index in [4.69, 9.17) is 5.73 Å². The zero-order chi connectivity index (χ0) is 24.7. The molecule has 2 unspecified atom stereocenters. The Balaban J connectivity index is 1.40. The third-order valence-electron chi connectivity index (χ3n) is 7.70. The molecule has 2 atom stereocenters. The van der Waals surface area contributed by atoms with Crippen LogP contribution in [0.4, 0.5) is 5.69 Å². The summed E-state index contributed by atoms with van der Waals surface area (Å²) in [7, 11) is 0. The van der Waals surface area contributed by atoms with Crippen LogP contribution in [0.15, 0.2) is 47.3 Å². The number of rotatable bonds is 5. The molecule has 3 N–H and O–H groups in total. The average Bonchev–Trinajstić information content (AvgIpc) is 3.14. The van der Waals surface area contributed by atoms with Crippen molar-refractivity contribution in [2.24, 2.45) is 5.73 Å². The summed E-state index contributed by atoms with van der Waals surface area (Å²) in [5.41, 5.74) is 10.5. The number of nitrogens with one attached hydrogen (secondary N) is 1. The summed E-state index contributed by atoms with van der Waals surface area (Å²) in [4.78, 5) is 39.6. The summed E-state index contributed by atoms with van der Waals surface area (Å²) in [6.07, 6.45) is 4.88. The first-order valence-electron chi connectivity index (χ1n) is 12.5. The van der Waals surface area contributed by atoms with Crippen molar-refractivity contribution in [1.29, 1.82) is 0 Å². The number of fused-ring (bicyclic) bond motifs is 2. The van der Waals surface area contributed by atoms with E-state index >= 15 is 0 Å². The van der Waals surface area contributed by atoms with Crippen molar-refractivity contribution in [3.05, 3.63) is 64.1 Å². The summed E-state index contributed by atoms with van der Waals surface area (Å²) in [6.45, 7) is 5.00. The lowest BCUT2D eigenvalue weighted by molar-refractivity contribution is -0.120. The van der Waals surface area contributed by atoms with Crippen molar-refractivity contribution in [3.8, 4) is 0 Å². The first-order chi connectivity index (χ1) is 16.9. The van der Waals surface area contributed by atoms with Gasteiger partial charge in [-0.2, -0.15) is 0 Å². The van der Waals surface area contributed by atoms with Crippen molar-refractivity contribution in [1.82, 2.24) is 14.0 Å². The van der Waals surface area contributed by atoms with Gasteiger partial charge in [0.1, 0.15) is 6.04 Å². The summed E-state index contributed by atoms with van der Waals surface area (Å²) in [5.74, 6) is -0.559. The Hall–Kier alpha value is -3.39. The monoisotopic (exact) mass is 475 g/mol. The average molecular weight is 476 g/mol. The van der Waals surface area contributed by atoms with Gasteiger partial charge >= 0.3 is 5.69 Å². The maximum atomic E-state index is 13.5. The number of primary amides is 1. The molecule has 184 valence electrons. The Bertz CT molecular complexity index is 1330. The van der Waals surface area contributed by atoms with Crippen LogP contribution in [0, 0.1) is 0 Å². The van der Waals surface area contributed by atoms with Crippen LogP contribution in [0.5, 0.6) is 0 Å². The molecule has 1 aliphatic carbocycles. The van der Waals surface area contributed by atoms with Crippen molar-refractivity contribution < 1.29 is 9.59 Å². The smallest absolute Gasteiger partial charge is 0.330 e. The molecule has 0 spiro atoms. The molecule has 0 radical (unpaired) electrons. The maximum absolute atomic E-state index is 13.5. The molecule has 8 heteroatoms. The van der Waals surface area contributed by atoms with Gasteiger partial charge in [-0.1, -0.05) is 24.3 Å². The fourth-order valence-corrected chi connectivity index (χ4v) is 6.01. The molecule has 1 aliphatic heterocycles. The van der Waals surface area contributed by atoms with Gasteiger partial charge in [0.15, 0.2) is 0 Å². The van der Waals surface area contributed by atoms with E-state index in [0.29, 0.717) is 6.04 Å². The van der Waals surface area contributed by atoms with Crippen molar-refractivity contribution >= 4 is 28.5 Å². The van der Waals surface area contributed by atoms with Gasteiger partial charge in [-0.05, 0) is 68.4 Å². The zero-order valence-electron chi connectivity index (χ0n) is 20.4. The first-order valence-corrected chi connectivity index (χ1v) is 12.5. The number of imidazole rings is 1. The van der Waals surface area contributed by atoms with Crippen LogP contribution >= 0.6 is 0 Å². The Morgan fingerprint density at radius 2 is 1.74 bits per heavy atom. The second-order valence-electron chi connectivity index (χ2n) is 9.82. The maximum Gasteiger partial charge on any atom is 0.330 e. The summed E-state index contributed by atoms with van der Waals surface area (Å²) < 4.78 is 3.40. The molecule has 8 nitrogen and oxygen atoms in total. The molecule has 5 rings (SSSR count). The summed E-state index contributed by atoms with van der Waals surface area (Å²) in [5, 5.41) is 3.00. The lowest BCUT2D eigenvalue weighted by Gasteiger charge is -2.40. The van der Waals surface area contributed by atoms with Crippen LogP contribution in [-0.4, -0.2) is 38.9 Å². The van der Waals surface area contributed by atoms with Gasteiger partial charge in [0.2, 0.25) is 11.8 Å². The summed E-state index contributed by atoms with van der Waals surface area (Å²) >= 11 is 0. The Morgan fingerprint density at radius 3 is 2.43 bits per heavy atom. The molecule has 2 aromatic carbocycles. The standard InChI is InChI=1S/C27H33N5O3/c1-17(26(28)34)31-24-10-3-4-11-25(24)32(27(31)35)19-13-15-30(16-14-19)23-12-6-7-20-21(23)8-5-9-22(20)29-18(2)33/h3-5,8-11,17,19,23H,6-7,12-16H2,1-2H3,(H2,28,34)(H,29,33). The van der Waals surface area contributed by atoms with E-state index in [-0.39, 0.29) is 17.6 Å². The topological polar surface area (TPSA) is 102 Å². The van der Waals surface area contributed by atoms with Gasteiger partial charge in [-0.3, -0.25) is 23.6 Å². The number of anilines is 1. The molecule has 2 amide bonds. The third-order valence-corrected chi connectivity index (χ3v) is 7.70. The molecule has 1 aromatic heterocycles. The van der Waals surface area contributed by atoms with Crippen LogP contribution in [0.3, 0.4) is 0 Å². The van der Waals surface area contributed by atoms with E-state index in [1.165, 1.54) is 15.7 Å². The number of likely N-dealkylation sites (tertiary alicyclic amines) is 1. The molecule has 2 heterocycles. The van der Waals surface area contributed by atoms with Gasteiger partial charge in [0, 0.05) is 37.8 Å². The normalized spacial score (nSPS) is 19.9. The first kappa shape index (κ1) is 23.4. The number of hydrogen-bond acceptors (Lipinski definition) is 4. The highest BCUT2D eigenvalue weighted by atomic mass is 16.2. The molecule has 1 fully saturated rings. The lowest BCUT2D eigenvalue weighted by atomic mass is 9.84. The van der Waals surface area contributed by atoms with Crippen LogP contribution in [0.1, 0.15) is 68.8 Å². The number of benzene rings is 2. The number of nitrogens with two attached hydrogens (primary N) is 1. The predicted molar refractivity (Wildman–Crippen MR) is 136 cm³/mol. The Morgan fingerprint density at radius 1 is 1.03 bits per heavy atom. The highest BCUT2D eigenvalue weighted by molar-refractivity contribution is 5.89. The van der Waals surface area contributed by atoms with Crippen molar-refractivity contribution in [2.75, 3.05) is 18.4 Å². The molecule has 0 bridgehead atoms. The Labute approximate surface area is 204 Å². The number of piperidine rings is 1. The number of hydrogen-bond donors (Lipinski definition) is 2. The van der Waals surface area contributed by atoms with Crippen LogP contribution < -0.4 is 16.7 Å². The SMILES string of the molecule is CC(=O)Nc1cccc2c1CCCC2N1CCC(n2c(=O)n(C(C)C(N)=O)c3ccccc32)CC1. The largest absolute Gasteiger partial charge is 0.368 e. The van der Waals surface area contributed by atoms with Gasteiger partial charge in [0.25, 0.3) is 0 Å². The van der Waals surface area contributed by atoms with Crippen LogP contribution in [-0.2, 0) is 16.0 Å². The third kappa shape index (κ3) is 4.16. The Kier molecular flexibility index (Phi) is 6.23. The minimum Gasteiger partial charge on any atom is -0.368 e. The summed E-state index contributed by atoms with van der Waals surface area (Å²) in [6, 6.07) is 13.5. The van der Waals surface area contributed by atoms with Crippen LogP contribution in [0.2, 0.25) is 0 Å². The molecule has 35 heavy (non-hydrogen) atoms. The molecular weight excluding hydrogens is 442 g/mol. The van der Waals surface area contributed by atoms with E-state index in [9.17, 15) is 14.4 Å². The lowest BCUT2D eigenvalue weighted by Crippen LogP contribution is -2.41. The van der Waals surface area contributed by atoms with Crippen molar-refractivity contribution in [2.45, 2.75) is 64.1 Å². The number of aromatic nitrogens is 2. The van der Waals surface area contributed by atoms with Crippen molar-refractivity contribution in [3.63, 3.8) is 0 Å².